The van der Waals surface area contributed by atoms with Crippen LogP contribution in [0.3, 0.4) is 0 Å². The highest BCUT2D eigenvalue weighted by molar-refractivity contribution is 7.90. The maximum Gasteiger partial charge on any atom is 0.259 e. The van der Waals surface area contributed by atoms with Gasteiger partial charge in [-0.3, -0.25) is 4.79 Å². The molecule has 2 saturated heterocycles. The summed E-state index contributed by atoms with van der Waals surface area (Å²) in [6.45, 7) is 2.69. The fourth-order valence-electron chi connectivity index (χ4n) is 5.05. The molecule has 0 spiro atoms. The normalized spacial score (nSPS) is 18.5. The monoisotopic (exact) mass is 496 g/mol. The minimum Gasteiger partial charge on any atom is -0.371 e. The van der Waals surface area contributed by atoms with Gasteiger partial charge in [-0.25, -0.2) is 17.2 Å². The van der Waals surface area contributed by atoms with Crippen molar-refractivity contribution >= 4 is 33.0 Å². The molecule has 5 nitrogen and oxygen atoms in total. The first-order valence-electron chi connectivity index (χ1n) is 11.1. The zero-order chi connectivity index (χ0) is 23.8. The predicted molar refractivity (Wildman–Crippen MR) is 124 cm³/mol. The van der Waals surface area contributed by atoms with Crippen molar-refractivity contribution in [1.82, 2.24) is 4.90 Å². The molecule has 0 radical (unpaired) electrons. The first-order valence-corrected chi connectivity index (χ1v) is 13.4. The average molecular weight is 497 g/mol. The van der Waals surface area contributed by atoms with Gasteiger partial charge in [-0.05, 0) is 67.9 Å². The van der Waals surface area contributed by atoms with E-state index in [9.17, 15) is 22.0 Å². The average Bonchev–Trinajstić information content (AvgIpc) is 2.78. The van der Waals surface area contributed by atoms with Gasteiger partial charge in [-0.1, -0.05) is 17.7 Å². The molecule has 2 aromatic rings. The summed E-state index contributed by atoms with van der Waals surface area (Å²) in [6, 6.07) is 8.55. The Bertz CT molecular complexity index is 1120. The largest absolute Gasteiger partial charge is 0.371 e. The summed E-state index contributed by atoms with van der Waals surface area (Å²) in [5, 5.41) is 0.237. The van der Waals surface area contributed by atoms with Crippen molar-refractivity contribution in [1.29, 1.82) is 0 Å². The molecular formula is C24H27ClF2N2O3S. The second-order valence-corrected chi connectivity index (χ2v) is 11.3. The number of nitrogens with zero attached hydrogens (tertiary/aromatic N) is 2. The van der Waals surface area contributed by atoms with Crippen molar-refractivity contribution in [3.63, 3.8) is 0 Å². The predicted octanol–water partition coefficient (Wildman–Crippen LogP) is 4.79. The first-order chi connectivity index (χ1) is 15.6. The molecule has 0 atom stereocenters. The highest BCUT2D eigenvalue weighted by Gasteiger charge is 2.32. The molecular weight excluding hydrogens is 470 g/mol. The van der Waals surface area contributed by atoms with E-state index in [0.29, 0.717) is 24.9 Å². The maximum absolute atomic E-state index is 14.0. The first kappa shape index (κ1) is 24.0. The van der Waals surface area contributed by atoms with Gasteiger partial charge in [-0.2, -0.15) is 0 Å². The molecule has 0 bridgehead atoms. The van der Waals surface area contributed by atoms with Crippen molar-refractivity contribution in [2.24, 2.45) is 11.8 Å². The summed E-state index contributed by atoms with van der Waals surface area (Å²) < 4.78 is 51.5. The van der Waals surface area contributed by atoms with E-state index in [1.54, 1.807) is 23.1 Å². The molecule has 2 aromatic carbocycles. The molecule has 2 fully saturated rings. The number of sulfone groups is 1. The highest BCUT2D eigenvalue weighted by atomic mass is 35.5. The van der Waals surface area contributed by atoms with Crippen LogP contribution in [0.15, 0.2) is 41.3 Å². The summed E-state index contributed by atoms with van der Waals surface area (Å²) in [7, 11) is -3.36. The number of rotatable bonds is 4. The van der Waals surface area contributed by atoms with E-state index in [0.717, 1.165) is 62.8 Å². The molecule has 1 amide bonds. The fourth-order valence-corrected chi connectivity index (χ4v) is 6.37. The number of hydrogen-bond donors (Lipinski definition) is 0. The minimum absolute atomic E-state index is 0.138. The molecule has 4 rings (SSSR count). The van der Waals surface area contributed by atoms with Gasteiger partial charge in [0, 0.05) is 38.1 Å². The third kappa shape index (κ3) is 5.17. The number of hydrogen-bond acceptors (Lipinski definition) is 4. The molecule has 0 aromatic heterocycles. The van der Waals surface area contributed by atoms with Gasteiger partial charge < -0.3 is 9.80 Å². The summed E-state index contributed by atoms with van der Waals surface area (Å²) in [6.07, 6.45) is 4.77. The Balaban J connectivity index is 1.32. The van der Waals surface area contributed by atoms with Crippen molar-refractivity contribution in [3.8, 4) is 0 Å². The summed E-state index contributed by atoms with van der Waals surface area (Å²) >= 11 is 6.20. The van der Waals surface area contributed by atoms with Gasteiger partial charge in [0.25, 0.3) is 5.91 Å². The van der Waals surface area contributed by atoms with Crippen LogP contribution in [0.25, 0.3) is 0 Å². The number of benzene rings is 2. The lowest BCUT2D eigenvalue weighted by Crippen LogP contribution is -2.43. The molecule has 2 heterocycles. The number of piperidine rings is 2. The fraction of sp³-hybridized carbons (Fsp3) is 0.458. The van der Waals surface area contributed by atoms with E-state index in [4.69, 9.17) is 11.6 Å². The standard InChI is InChI=1S/C24H27ClF2N2O3S/c1-33(31,32)22-6-5-18(15-19(22)25)28-11-7-16(8-12-28)17-9-13-29(14-10-17)24(30)23-20(26)3-2-4-21(23)27/h2-6,15-17H,7-14H2,1H3. The topological polar surface area (TPSA) is 57.7 Å². The van der Waals surface area contributed by atoms with E-state index in [1.807, 2.05) is 0 Å². The Morgan fingerprint density at radius 1 is 0.939 bits per heavy atom. The van der Waals surface area contributed by atoms with Gasteiger partial charge in [0.2, 0.25) is 0 Å². The van der Waals surface area contributed by atoms with Crippen LogP contribution in [-0.2, 0) is 9.84 Å². The molecule has 33 heavy (non-hydrogen) atoms. The van der Waals surface area contributed by atoms with E-state index < -0.39 is 32.9 Å². The Kier molecular flexibility index (Phi) is 6.96. The minimum atomic E-state index is -3.36. The highest BCUT2D eigenvalue weighted by Crippen LogP contribution is 2.35. The molecule has 0 saturated carbocycles. The third-order valence-corrected chi connectivity index (χ3v) is 8.47. The Morgan fingerprint density at radius 3 is 2.00 bits per heavy atom. The van der Waals surface area contributed by atoms with Gasteiger partial charge in [-0.15, -0.1) is 0 Å². The number of amides is 1. The Morgan fingerprint density at radius 2 is 1.48 bits per heavy atom. The lowest BCUT2D eigenvalue weighted by molar-refractivity contribution is 0.0636. The quantitative estimate of drug-likeness (QED) is 0.610. The molecule has 2 aliphatic rings. The summed E-state index contributed by atoms with van der Waals surface area (Å²) in [5.41, 5.74) is 0.447. The summed E-state index contributed by atoms with van der Waals surface area (Å²) in [4.78, 5) is 16.5. The van der Waals surface area contributed by atoms with Crippen molar-refractivity contribution in [2.45, 2.75) is 30.6 Å². The van der Waals surface area contributed by atoms with Crippen LogP contribution < -0.4 is 4.90 Å². The number of carbonyl (C=O) groups excluding carboxylic acids is 1. The van der Waals surface area contributed by atoms with Crippen molar-refractivity contribution in [3.05, 3.63) is 58.6 Å². The molecule has 0 aliphatic carbocycles. The van der Waals surface area contributed by atoms with Gasteiger partial charge in [0.05, 0.1) is 9.92 Å². The van der Waals surface area contributed by atoms with Crippen LogP contribution in [0, 0.1) is 23.5 Å². The SMILES string of the molecule is CS(=O)(=O)c1ccc(N2CCC(C3CCN(C(=O)c4c(F)cccc4F)CC3)CC2)cc1Cl. The maximum atomic E-state index is 14.0. The van der Waals surface area contributed by atoms with Crippen LogP contribution in [0.1, 0.15) is 36.0 Å². The summed E-state index contributed by atoms with van der Waals surface area (Å²) in [5.74, 6) is -1.22. The second-order valence-electron chi connectivity index (χ2n) is 8.94. The van der Waals surface area contributed by atoms with Gasteiger partial charge in [0.15, 0.2) is 9.84 Å². The molecule has 9 heteroatoms. The molecule has 2 aliphatic heterocycles. The second kappa shape index (κ2) is 9.58. The van der Waals surface area contributed by atoms with Crippen molar-refractivity contribution < 1.29 is 22.0 Å². The van der Waals surface area contributed by atoms with E-state index in [-0.39, 0.29) is 9.92 Å². The van der Waals surface area contributed by atoms with Gasteiger partial charge >= 0.3 is 0 Å². The smallest absolute Gasteiger partial charge is 0.259 e. The van der Waals surface area contributed by atoms with Crippen LogP contribution in [0.2, 0.25) is 5.02 Å². The number of anilines is 1. The van der Waals surface area contributed by atoms with E-state index in [1.165, 1.54) is 6.07 Å². The van der Waals surface area contributed by atoms with Crippen LogP contribution >= 0.6 is 11.6 Å². The number of carbonyl (C=O) groups is 1. The van der Waals surface area contributed by atoms with E-state index in [2.05, 4.69) is 4.90 Å². The lowest BCUT2D eigenvalue weighted by Gasteiger charge is -2.41. The third-order valence-electron chi connectivity index (χ3n) is 6.89. The zero-order valence-electron chi connectivity index (χ0n) is 18.4. The van der Waals surface area contributed by atoms with E-state index >= 15 is 0 Å². The molecule has 0 N–H and O–H groups in total. The van der Waals surface area contributed by atoms with Crippen LogP contribution in [0.4, 0.5) is 14.5 Å². The van der Waals surface area contributed by atoms with Crippen molar-refractivity contribution in [2.75, 3.05) is 37.3 Å². The Labute approximate surface area is 198 Å². The molecule has 0 unspecified atom stereocenters. The lowest BCUT2D eigenvalue weighted by atomic mass is 9.78. The number of halogens is 3. The molecule has 178 valence electrons. The van der Waals surface area contributed by atoms with Crippen LogP contribution in [-0.4, -0.2) is 51.7 Å². The number of likely N-dealkylation sites (tertiary alicyclic amines) is 1. The zero-order valence-corrected chi connectivity index (χ0v) is 20.0. The van der Waals surface area contributed by atoms with Gasteiger partial charge in [0.1, 0.15) is 17.2 Å². The van der Waals surface area contributed by atoms with Crippen LogP contribution in [0.5, 0.6) is 0 Å². The Hall–Kier alpha value is -2.19.